The molecule has 1 saturated heterocycles. The molecule has 6 nitrogen and oxygen atoms in total. The van der Waals surface area contributed by atoms with E-state index in [1.54, 1.807) is 7.11 Å². The lowest BCUT2D eigenvalue weighted by atomic mass is 10.0. The average Bonchev–Trinajstić information content (AvgIpc) is 3.40. The van der Waals surface area contributed by atoms with Gasteiger partial charge in [-0.25, -0.2) is 8.42 Å². The van der Waals surface area contributed by atoms with Crippen molar-refractivity contribution in [2.75, 3.05) is 38.2 Å². The van der Waals surface area contributed by atoms with Gasteiger partial charge in [0.2, 0.25) is 5.91 Å². The Bertz CT molecular complexity index is 669. The van der Waals surface area contributed by atoms with Crippen molar-refractivity contribution in [2.24, 2.45) is 5.92 Å². The molecule has 0 aromatic heterocycles. The fourth-order valence-electron chi connectivity index (χ4n) is 3.04. The third-order valence-corrected chi connectivity index (χ3v) is 6.30. The number of amides is 1. The van der Waals surface area contributed by atoms with E-state index in [2.05, 4.69) is 5.32 Å². The van der Waals surface area contributed by atoms with Crippen LogP contribution in [0.2, 0.25) is 0 Å². The lowest BCUT2D eigenvalue weighted by Crippen LogP contribution is -2.46. The molecule has 1 amide bonds. The number of benzene rings is 1. The zero-order valence-corrected chi connectivity index (χ0v) is 14.7. The number of ether oxygens (including phenoxy) is 1. The van der Waals surface area contributed by atoms with E-state index in [-0.39, 0.29) is 30.0 Å². The Morgan fingerprint density at radius 3 is 2.42 bits per heavy atom. The molecule has 1 N–H and O–H groups in total. The smallest absolute Gasteiger partial charge is 0.234 e. The molecule has 0 spiro atoms. The molecule has 0 radical (unpaired) electrons. The van der Waals surface area contributed by atoms with Crippen LogP contribution in [0.15, 0.2) is 24.3 Å². The highest BCUT2D eigenvalue weighted by Crippen LogP contribution is 2.41. The molecule has 2 aliphatic rings. The molecule has 2 fully saturated rings. The molecule has 24 heavy (non-hydrogen) atoms. The first kappa shape index (κ1) is 17.2. The summed E-state index contributed by atoms with van der Waals surface area (Å²) in [7, 11) is -1.28. The fourth-order valence-corrected chi connectivity index (χ4v) is 4.32. The Morgan fingerprint density at radius 1 is 1.25 bits per heavy atom. The van der Waals surface area contributed by atoms with Gasteiger partial charge in [0, 0.05) is 13.1 Å². The minimum absolute atomic E-state index is 0.0249. The second-order valence-electron chi connectivity index (χ2n) is 6.58. The number of nitrogens with zero attached hydrogens (tertiary/aromatic N) is 1. The highest BCUT2D eigenvalue weighted by Gasteiger charge is 2.34. The molecule has 1 aromatic rings. The Hall–Kier alpha value is -1.60. The van der Waals surface area contributed by atoms with Crippen molar-refractivity contribution in [3.8, 4) is 5.75 Å². The Labute approximate surface area is 143 Å². The van der Waals surface area contributed by atoms with Crippen molar-refractivity contribution in [3.05, 3.63) is 29.8 Å². The second kappa shape index (κ2) is 7.11. The Morgan fingerprint density at radius 2 is 1.88 bits per heavy atom. The van der Waals surface area contributed by atoms with Gasteiger partial charge in [-0.15, -0.1) is 0 Å². The summed E-state index contributed by atoms with van der Waals surface area (Å²) in [4.78, 5) is 14.3. The van der Waals surface area contributed by atoms with Crippen LogP contribution >= 0.6 is 0 Å². The summed E-state index contributed by atoms with van der Waals surface area (Å²) in [6, 6.07) is 7.83. The maximum atomic E-state index is 12.4. The van der Waals surface area contributed by atoms with Gasteiger partial charge in [0.25, 0.3) is 0 Å². The number of hydrogen-bond acceptors (Lipinski definition) is 5. The summed E-state index contributed by atoms with van der Waals surface area (Å²) >= 11 is 0. The van der Waals surface area contributed by atoms with Crippen LogP contribution in [0.4, 0.5) is 0 Å². The summed E-state index contributed by atoms with van der Waals surface area (Å²) < 4.78 is 28.1. The molecular formula is C17H24N2O4S. The minimum atomic E-state index is -2.91. The normalized spacial score (nSPS) is 21.9. The predicted molar refractivity (Wildman–Crippen MR) is 91.7 cm³/mol. The van der Waals surface area contributed by atoms with Crippen molar-refractivity contribution in [3.63, 3.8) is 0 Å². The van der Waals surface area contributed by atoms with Gasteiger partial charge in [0.15, 0.2) is 9.84 Å². The van der Waals surface area contributed by atoms with E-state index < -0.39 is 9.84 Å². The van der Waals surface area contributed by atoms with E-state index in [4.69, 9.17) is 4.74 Å². The van der Waals surface area contributed by atoms with Crippen molar-refractivity contribution < 1.29 is 17.9 Å². The number of sulfone groups is 1. The first-order valence-electron chi connectivity index (χ1n) is 8.33. The number of nitrogens with one attached hydrogen (secondary N) is 1. The van der Waals surface area contributed by atoms with E-state index in [1.807, 2.05) is 29.2 Å². The fraction of sp³-hybridized carbons (Fsp3) is 0.588. The largest absolute Gasteiger partial charge is 0.497 e. The maximum Gasteiger partial charge on any atom is 0.234 e. The number of rotatable bonds is 6. The van der Waals surface area contributed by atoms with Gasteiger partial charge >= 0.3 is 0 Å². The van der Waals surface area contributed by atoms with Crippen LogP contribution in [0.3, 0.4) is 0 Å². The summed E-state index contributed by atoms with van der Waals surface area (Å²) in [6.07, 6.45) is 2.25. The first-order chi connectivity index (χ1) is 11.5. The van der Waals surface area contributed by atoms with E-state index in [1.165, 1.54) is 0 Å². The highest BCUT2D eigenvalue weighted by molar-refractivity contribution is 7.91. The van der Waals surface area contributed by atoms with Crippen molar-refractivity contribution in [1.29, 1.82) is 0 Å². The summed E-state index contributed by atoms with van der Waals surface area (Å²) in [5.74, 6) is 1.54. The average molecular weight is 352 g/mol. The molecule has 7 heteroatoms. The van der Waals surface area contributed by atoms with E-state index in [0.717, 1.165) is 24.2 Å². The molecule has 1 unspecified atom stereocenters. The quantitative estimate of drug-likeness (QED) is 0.826. The van der Waals surface area contributed by atoms with Crippen molar-refractivity contribution in [1.82, 2.24) is 10.2 Å². The number of carbonyl (C=O) groups is 1. The SMILES string of the molecule is COc1ccc(C(NC(=O)CN2CCS(=O)(=O)CC2)C2CC2)cc1. The predicted octanol–water partition coefficient (Wildman–Crippen LogP) is 0.993. The van der Waals surface area contributed by atoms with E-state index in [9.17, 15) is 13.2 Å². The zero-order chi connectivity index (χ0) is 17.2. The van der Waals surface area contributed by atoms with Gasteiger partial charge in [0.05, 0.1) is 31.2 Å². The van der Waals surface area contributed by atoms with Crippen LogP contribution in [-0.2, 0) is 14.6 Å². The van der Waals surface area contributed by atoms with Crippen LogP contribution in [-0.4, -0.2) is 57.5 Å². The van der Waals surface area contributed by atoms with Crippen LogP contribution in [0.1, 0.15) is 24.4 Å². The van der Waals surface area contributed by atoms with E-state index in [0.29, 0.717) is 19.0 Å². The van der Waals surface area contributed by atoms with Gasteiger partial charge in [-0.3, -0.25) is 9.69 Å². The first-order valence-corrected chi connectivity index (χ1v) is 10.1. The summed E-state index contributed by atoms with van der Waals surface area (Å²) in [5, 5.41) is 3.13. The summed E-state index contributed by atoms with van der Waals surface area (Å²) in [5.41, 5.74) is 1.09. The molecular weight excluding hydrogens is 328 g/mol. The molecule has 3 rings (SSSR count). The molecule has 1 saturated carbocycles. The third kappa shape index (κ3) is 4.48. The molecule has 1 heterocycles. The summed E-state index contributed by atoms with van der Waals surface area (Å²) in [6.45, 7) is 1.13. The molecule has 132 valence electrons. The monoisotopic (exact) mass is 352 g/mol. The number of carbonyl (C=O) groups excluding carboxylic acids is 1. The molecule has 1 aliphatic heterocycles. The highest BCUT2D eigenvalue weighted by atomic mass is 32.2. The second-order valence-corrected chi connectivity index (χ2v) is 8.89. The zero-order valence-electron chi connectivity index (χ0n) is 13.9. The molecule has 1 aliphatic carbocycles. The lowest BCUT2D eigenvalue weighted by Gasteiger charge is -2.27. The Balaban J connectivity index is 1.58. The maximum absolute atomic E-state index is 12.4. The van der Waals surface area contributed by atoms with Crippen LogP contribution < -0.4 is 10.1 Å². The third-order valence-electron chi connectivity index (χ3n) is 4.69. The van der Waals surface area contributed by atoms with Crippen LogP contribution in [0.25, 0.3) is 0 Å². The van der Waals surface area contributed by atoms with E-state index >= 15 is 0 Å². The van der Waals surface area contributed by atoms with Gasteiger partial charge in [-0.1, -0.05) is 12.1 Å². The lowest BCUT2D eigenvalue weighted by molar-refractivity contribution is -0.123. The number of methoxy groups -OCH3 is 1. The van der Waals surface area contributed by atoms with Gasteiger partial charge in [0.1, 0.15) is 5.75 Å². The topological polar surface area (TPSA) is 75.7 Å². The molecule has 1 atom stereocenters. The van der Waals surface area contributed by atoms with Gasteiger partial charge < -0.3 is 10.1 Å². The van der Waals surface area contributed by atoms with Crippen molar-refractivity contribution >= 4 is 15.7 Å². The van der Waals surface area contributed by atoms with Gasteiger partial charge in [-0.05, 0) is 36.5 Å². The standard InChI is InChI=1S/C17H24N2O4S/c1-23-15-6-4-14(5-7-15)17(13-2-3-13)18-16(20)12-19-8-10-24(21,22)11-9-19/h4-7,13,17H,2-3,8-12H2,1H3,(H,18,20). The van der Waals surface area contributed by atoms with Crippen molar-refractivity contribution in [2.45, 2.75) is 18.9 Å². The minimum Gasteiger partial charge on any atom is -0.497 e. The van der Waals surface area contributed by atoms with Crippen LogP contribution in [0, 0.1) is 5.92 Å². The molecule has 1 aromatic carbocycles. The number of hydrogen-bond donors (Lipinski definition) is 1. The van der Waals surface area contributed by atoms with Gasteiger partial charge in [-0.2, -0.15) is 0 Å². The van der Waals surface area contributed by atoms with Crippen LogP contribution in [0.5, 0.6) is 5.75 Å². The molecule has 0 bridgehead atoms. The Kier molecular flexibility index (Phi) is 5.10.